The van der Waals surface area contributed by atoms with Crippen molar-refractivity contribution in [1.82, 2.24) is 14.5 Å². The van der Waals surface area contributed by atoms with E-state index in [1.165, 1.54) is 0 Å². The molecule has 0 spiro atoms. The van der Waals surface area contributed by atoms with E-state index in [9.17, 15) is 8.42 Å². The van der Waals surface area contributed by atoms with Crippen LogP contribution in [-0.4, -0.2) is 43.1 Å². The zero-order valence-corrected chi connectivity index (χ0v) is 18.9. The molecule has 30 heavy (non-hydrogen) atoms. The average molecular weight is 464 g/mol. The highest BCUT2D eigenvalue weighted by Crippen LogP contribution is 2.33. The standard InChI is InChI=1S/C21H22ClN3O3S2/c1-28-18-6-2-15(3-7-18)14-20-23-24-21(29-20)16-10-12-25(13-11-16)30(26,27)19-8-4-17(22)5-9-19/h2-9,16H,10-14H2,1H3. The third kappa shape index (κ3) is 4.67. The van der Waals surface area contributed by atoms with Gasteiger partial charge >= 0.3 is 0 Å². The smallest absolute Gasteiger partial charge is 0.243 e. The summed E-state index contributed by atoms with van der Waals surface area (Å²) in [5.74, 6) is 1.07. The van der Waals surface area contributed by atoms with Crippen molar-refractivity contribution in [3.8, 4) is 5.75 Å². The highest BCUT2D eigenvalue weighted by molar-refractivity contribution is 7.89. The molecule has 1 aliphatic heterocycles. The fraction of sp³-hybridized carbons (Fsp3) is 0.333. The molecule has 1 saturated heterocycles. The first-order valence-electron chi connectivity index (χ1n) is 9.66. The fourth-order valence-electron chi connectivity index (χ4n) is 3.52. The molecule has 1 aliphatic rings. The molecular formula is C21H22ClN3O3S2. The van der Waals surface area contributed by atoms with E-state index in [4.69, 9.17) is 16.3 Å². The molecular weight excluding hydrogens is 442 g/mol. The number of sulfonamides is 1. The number of hydrogen-bond acceptors (Lipinski definition) is 6. The molecule has 1 fully saturated rings. The predicted octanol–water partition coefficient (Wildman–Crippen LogP) is 4.36. The number of hydrogen-bond donors (Lipinski definition) is 0. The molecule has 3 aromatic rings. The summed E-state index contributed by atoms with van der Waals surface area (Å²) in [4.78, 5) is 0.281. The van der Waals surface area contributed by atoms with Crippen LogP contribution in [-0.2, 0) is 16.4 Å². The normalized spacial score (nSPS) is 15.9. The van der Waals surface area contributed by atoms with Gasteiger partial charge in [-0.2, -0.15) is 4.31 Å². The van der Waals surface area contributed by atoms with Crippen LogP contribution in [0.4, 0.5) is 0 Å². The summed E-state index contributed by atoms with van der Waals surface area (Å²) in [5, 5.41) is 11.2. The maximum atomic E-state index is 12.8. The van der Waals surface area contributed by atoms with Gasteiger partial charge in [-0.05, 0) is 54.8 Å². The van der Waals surface area contributed by atoms with Gasteiger partial charge in [0, 0.05) is 30.5 Å². The van der Waals surface area contributed by atoms with Crippen LogP contribution in [0.2, 0.25) is 5.02 Å². The molecule has 2 heterocycles. The second kappa shape index (κ2) is 9.01. The molecule has 0 N–H and O–H groups in total. The molecule has 158 valence electrons. The van der Waals surface area contributed by atoms with E-state index in [1.54, 1.807) is 47.0 Å². The Labute approximate surface area is 185 Å². The van der Waals surface area contributed by atoms with Crippen molar-refractivity contribution in [2.75, 3.05) is 20.2 Å². The molecule has 1 aromatic heterocycles. The van der Waals surface area contributed by atoms with Gasteiger partial charge in [-0.3, -0.25) is 0 Å². The number of piperidine rings is 1. The highest BCUT2D eigenvalue weighted by Gasteiger charge is 2.31. The Morgan fingerprint density at radius 2 is 1.73 bits per heavy atom. The van der Waals surface area contributed by atoms with Gasteiger partial charge in [0.25, 0.3) is 0 Å². The average Bonchev–Trinajstić information content (AvgIpc) is 3.23. The van der Waals surface area contributed by atoms with Gasteiger partial charge in [-0.25, -0.2) is 8.42 Å². The van der Waals surface area contributed by atoms with Crippen molar-refractivity contribution in [3.05, 3.63) is 69.1 Å². The first-order chi connectivity index (χ1) is 14.5. The van der Waals surface area contributed by atoms with E-state index < -0.39 is 10.0 Å². The van der Waals surface area contributed by atoms with Crippen LogP contribution in [0.1, 0.15) is 34.3 Å². The number of nitrogens with zero attached hydrogens (tertiary/aromatic N) is 3. The van der Waals surface area contributed by atoms with Gasteiger partial charge in [0.05, 0.1) is 12.0 Å². The van der Waals surface area contributed by atoms with Gasteiger partial charge in [-0.1, -0.05) is 23.7 Å². The highest BCUT2D eigenvalue weighted by atomic mass is 35.5. The maximum absolute atomic E-state index is 12.8. The van der Waals surface area contributed by atoms with E-state index in [0.717, 1.165) is 40.6 Å². The Morgan fingerprint density at radius 3 is 2.37 bits per heavy atom. The third-order valence-corrected chi connectivity index (χ3v) is 8.50. The molecule has 6 nitrogen and oxygen atoms in total. The van der Waals surface area contributed by atoms with Gasteiger partial charge < -0.3 is 4.74 Å². The van der Waals surface area contributed by atoms with Gasteiger partial charge in [0.1, 0.15) is 15.8 Å². The lowest BCUT2D eigenvalue weighted by molar-refractivity contribution is 0.318. The van der Waals surface area contributed by atoms with Crippen LogP contribution in [0.15, 0.2) is 53.4 Å². The molecule has 0 saturated carbocycles. The van der Waals surface area contributed by atoms with Crippen molar-refractivity contribution < 1.29 is 13.2 Å². The lowest BCUT2D eigenvalue weighted by Gasteiger charge is -2.30. The van der Waals surface area contributed by atoms with Crippen molar-refractivity contribution in [3.63, 3.8) is 0 Å². The van der Waals surface area contributed by atoms with Crippen molar-refractivity contribution in [1.29, 1.82) is 0 Å². The Bertz CT molecular complexity index is 1090. The zero-order valence-electron chi connectivity index (χ0n) is 16.5. The van der Waals surface area contributed by atoms with E-state index in [2.05, 4.69) is 10.2 Å². The summed E-state index contributed by atoms with van der Waals surface area (Å²) in [6.07, 6.45) is 2.21. The number of aromatic nitrogens is 2. The van der Waals surface area contributed by atoms with Crippen molar-refractivity contribution in [2.45, 2.75) is 30.1 Å². The van der Waals surface area contributed by atoms with Crippen LogP contribution in [0, 0.1) is 0 Å². The van der Waals surface area contributed by atoms with Crippen LogP contribution in [0.3, 0.4) is 0 Å². The monoisotopic (exact) mass is 463 g/mol. The molecule has 0 amide bonds. The summed E-state index contributed by atoms with van der Waals surface area (Å²) in [5.41, 5.74) is 1.15. The Balaban J connectivity index is 1.38. The number of ether oxygens (including phenoxy) is 1. The van der Waals surface area contributed by atoms with E-state index in [1.807, 2.05) is 24.3 Å². The molecule has 0 unspecified atom stereocenters. The first-order valence-corrected chi connectivity index (χ1v) is 12.3. The molecule has 9 heteroatoms. The third-order valence-electron chi connectivity index (χ3n) is 5.25. The molecule has 2 aromatic carbocycles. The lowest BCUT2D eigenvalue weighted by atomic mass is 9.99. The minimum atomic E-state index is -3.49. The zero-order chi connectivity index (χ0) is 21.1. The van der Waals surface area contributed by atoms with Crippen LogP contribution < -0.4 is 4.74 Å². The fourth-order valence-corrected chi connectivity index (χ4v) is 6.16. The molecule has 0 aliphatic carbocycles. The molecule has 0 radical (unpaired) electrons. The van der Waals surface area contributed by atoms with Crippen LogP contribution >= 0.6 is 22.9 Å². The SMILES string of the molecule is COc1ccc(Cc2nnc(C3CCN(S(=O)(=O)c4ccc(Cl)cc4)CC3)s2)cc1. The number of methoxy groups -OCH3 is 1. The topological polar surface area (TPSA) is 72.4 Å². The molecule has 0 atom stereocenters. The second-order valence-corrected chi connectivity index (χ2v) is 10.7. The Hall–Kier alpha value is -2.00. The van der Waals surface area contributed by atoms with Crippen molar-refractivity contribution >= 4 is 33.0 Å². The van der Waals surface area contributed by atoms with Crippen molar-refractivity contribution in [2.24, 2.45) is 0 Å². The number of rotatable bonds is 6. The Kier molecular flexibility index (Phi) is 6.38. The quantitative estimate of drug-likeness (QED) is 0.543. The van der Waals surface area contributed by atoms with E-state index in [0.29, 0.717) is 18.1 Å². The molecule has 0 bridgehead atoms. The summed E-state index contributed by atoms with van der Waals surface area (Å²) in [7, 11) is -1.84. The minimum Gasteiger partial charge on any atom is -0.497 e. The maximum Gasteiger partial charge on any atom is 0.243 e. The second-order valence-electron chi connectivity index (χ2n) is 7.19. The largest absolute Gasteiger partial charge is 0.497 e. The predicted molar refractivity (Wildman–Crippen MR) is 118 cm³/mol. The number of benzene rings is 2. The summed E-state index contributed by atoms with van der Waals surface area (Å²) >= 11 is 7.49. The van der Waals surface area contributed by atoms with Gasteiger partial charge in [0.15, 0.2) is 0 Å². The molecule has 4 rings (SSSR count). The van der Waals surface area contributed by atoms with Gasteiger partial charge in [0.2, 0.25) is 10.0 Å². The van der Waals surface area contributed by atoms with Crippen LogP contribution in [0.5, 0.6) is 5.75 Å². The Morgan fingerprint density at radius 1 is 1.07 bits per heavy atom. The summed E-state index contributed by atoms with van der Waals surface area (Å²) < 4.78 is 32.4. The lowest BCUT2D eigenvalue weighted by Crippen LogP contribution is -2.37. The van der Waals surface area contributed by atoms with Crippen LogP contribution in [0.25, 0.3) is 0 Å². The number of halogens is 1. The van der Waals surface area contributed by atoms with E-state index in [-0.39, 0.29) is 10.8 Å². The summed E-state index contributed by atoms with van der Waals surface area (Å²) in [6.45, 7) is 0.950. The summed E-state index contributed by atoms with van der Waals surface area (Å²) in [6, 6.07) is 14.3. The first kappa shape index (κ1) is 21.2. The van der Waals surface area contributed by atoms with E-state index >= 15 is 0 Å². The van der Waals surface area contributed by atoms with Gasteiger partial charge in [-0.15, -0.1) is 21.5 Å². The minimum absolute atomic E-state index is 0.240.